The van der Waals surface area contributed by atoms with Gasteiger partial charge in [0.25, 0.3) is 0 Å². The van der Waals surface area contributed by atoms with Crippen molar-refractivity contribution in [3.63, 3.8) is 0 Å². The molecule has 0 aromatic rings. The SMILES string of the molecule is NC(=O)CN(C1CCCNC1)S(=O)(=O)C1CCCC1. The maximum atomic E-state index is 12.7. The lowest BCUT2D eigenvalue weighted by molar-refractivity contribution is -0.118. The molecule has 2 aliphatic rings. The molecule has 0 aromatic carbocycles. The van der Waals surface area contributed by atoms with Crippen molar-refractivity contribution < 1.29 is 13.2 Å². The third-order valence-electron chi connectivity index (χ3n) is 4.04. The van der Waals surface area contributed by atoms with E-state index >= 15 is 0 Å². The lowest BCUT2D eigenvalue weighted by Gasteiger charge is -2.34. The first-order valence-corrected chi connectivity index (χ1v) is 8.52. The Morgan fingerprint density at radius 2 is 1.89 bits per heavy atom. The summed E-state index contributed by atoms with van der Waals surface area (Å²) in [5, 5.41) is 2.87. The molecule has 2 fully saturated rings. The minimum atomic E-state index is -3.40. The molecule has 1 aliphatic heterocycles. The van der Waals surface area contributed by atoms with Crippen LogP contribution in [0.3, 0.4) is 0 Å². The summed E-state index contributed by atoms with van der Waals surface area (Å²) in [5.74, 6) is -0.577. The number of nitrogens with two attached hydrogens (primary N) is 1. The smallest absolute Gasteiger partial charge is 0.232 e. The number of amides is 1. The van der Waals surface area contributed by atoms with Crippen LogP contribution in [0.5, 0.6) is 0 Å². The van der Waals surface area contributed by atoms with E-state index in [1.807, 2.05) is 0 Å². The van der Waals surface area contributed by atoms with Crippen molar-refractivity contribution in [2.45, 2.75) is 49.8 Å². The predicted octanol–water partition coefficient (Wildman–Crippen LogP) is -0.202. The molecule has 110 valence electrons. The molecule has 2 rings (SSSR count). The zero-order chi connectivity index (χ0) is 13.9. The van der Waals surface area contributed by atoms with Crippen molar-refractivity contribution in [2.75, 3.05) is 19.6 Å². The molecule has 1 saturated heterocycles. The van der Waals surface area contributed by atoms with Gasteiger partial charge < -0.3 is 11.1 Å². The third-order valence-corrected chi connectivity index (χ3v) is 6.43. The highest BCUT2D eigenvalue weighted by atomic mass is 32.2. The molecular formula is C12H23N3O3S. The van der Waals surface area contributed by atoms with E-state index in [0.717, 1.165) is 32.2 Å². The number of rotatable bonds is 5. The van der Waals surface area contributed by atoms with Crippen molar-refractivity contribution in [1.82, 2.24) is 9.62 Å². The van der Waals surface area contributed by atoms with Gasteiger partial charge in [-0.2, -0.15) is 4.31 Å². The quantitative estimate of drug-likeness (QED) is 0.733. The average molecular weight is 289 g/mol. The Labute approximate surface area is 114 Å². The molecule has 7 heteroatoms. The Hall–Kier alpha value is -0.660. The molecule has 1 atom stereocenters. The van der Waals surface area contributed by atoms with Gasteiger partial charge in [-0.1, -0.05) is 12.8 Å². The van der Waals surface area contributed by atoms with Gasteiger partial charge in [0.15, 0.2) is 0 Å². The maximum absolute atomic E-state index is 12.7. The van der Waals surface area contributed by atoms with Crippen LogP contribution < -0.4 is 11.1 Å². The Bertz CT molecular complexity index is 412. The molecule has 6 nitrogen and oxygen atoms in total. The van der Waals surface area contributed by atoms with Gasteiger partial charge in [0.2, 0.25) is 15.9 Å². The normalized spacial score (nSPS) is 25.8. The zero-order valence-electron chi connectivity index (χ0n) is 11.2. The highest BCUT2D eigenvalue weighted by Gasteiger charge is 2.38. The van der Waals surface area contributed by atoms with Gasteiger partial charge in [-0.05, 0) is 32.2 Å². The fourth-order valence-electron chi connectivity index (χ4n) is 3.04. The molecule has 0 radical (unpaired) electrons. The van der Waals surface area contributed by atoms with Crippen LogP contribution >= 0.6 is 0 Å². The van der Waals surface area contributed by atoms with Crippen LogP contribution in [0, 0.1) is 0 Å². The number of sulfonamides is 1. The highest BCUT2D eigenvalue weighted by molar-refractivity contribution is 7.89. The first-order chi connectivity index (χ1) is 9.01. The topological polar surface area (TPSA) is 92.5 Å². The molecule has 1 amide bonds. The largest absolute Gasteiger partial charge is 0.369 e. The van der Waals surface area contributed by atoms with Crippen LogP contribution in [0.4, 0.5) is 0 Å². The number of carbonyl (C=O) groups is 1. The summed E-state index contributed by atoms with van der Waals surface area (Å²) in [6, 6.07) is -0.133. The first kappa shape index (κ1) is 14.7. The van der Waals surface area contributed by atoms with Gasteiger partial charge in [-0.25, -0.2) is 8.42 Å². The van der Waals surface area contributed by atoms with Crippen LogP contribution in [0.1, 0.15) is 38.5 Å². The van der Waals surface area contributed by atoms with Crippen molar-refractivity contribution in [3.05, 3.63) is 0 Å². The van der Waals surface area contributed by atoms with E-state index in [2.05, 4.69) is 5.32 Å². The minimum Gasteiger partial charge on any atom is -0.369 e. The van der Waals surface area contributed by atoms with Crippen molar-refractivity contribution in [1.29, 1.82) is 0 Å². The molecule has 1 saturated carbocycles. The number of hydrogen-bond donors (Lipinski definition) is 2. The van der Waals surface area contributed by atoms with Gasteiger partial charge in [-0.15, -0.1) is 0 Å². The number of hydrogen-bond acceptors (Lipinski definition) is 4. The van der Waals surface area contributed by atoms with Gasteiger partial charge in [-0.3, -0.25) is 4.79 Å². The molecule has 19 heavy (non-hydrogen) atoms. The van der Waals surface area contributed by atoms with E-state index < -0.39 is 15.9 Å². The van der Waals surface area contributed by atoms with Gasteiger partial charge >= 0.3 is 0 Å². The van der Waals surface area contributed by atoms with Gasteiger partial charge in [0, 0.05) is 12.6 Å². The summed E-state index contributed by atoms with van der Waals surface area (Å²) in [5.41, 5.74) is 5.23. The molecule has 1 aliphatic carbocycles. The standard InChI is InChI=1S/C12H23N3O3S/c13-12(16)9-15(10-4-3-7-14-8-10)19(17,18)11-5-1-2-6-11/h10-11,14H,1-9H2,(H2,13,16). The lowest BCUT2D eigenvalue weighted by atomic mass is 10.1. The zero-order valence-corrected chi connectivity index (χ0v) is 12.0. The summed E-state index contributed by atoms with van der Waals surface area (Å²) >= 11 is 0. The van der Waals surface area contributed by atoms with Crippen LogP contribution in [-0.4, -0.2) is 49.6 Å². The molecule has 0 bridgehead atoms. The van der Waals surface area contributed by atoms with E-state index in [1.165, 1.54) is 4.31 Å². The van der Waals surface area contributed by atoms with E-state index in [-0.39, 0.29) is 17.8 Å². The number of nitrogens with one attached hydrogen (secondary N) is 1. The average Bonchev–Trinajstić information content (AvgIpc) is 2.91. The lowest BCUT2D eigenvalue weighted by Crippen LogP contribution is -2.53. The molecule has 1 unspecified atom stereocenters. The highest BCUT2D eigenvalue weighted by Crippen LogP contribution is 2.29. The number of nitrogens with zero attached hydrogens (tertiary/aromatic N) is 1. The Balaban J connectivity index is 2.17. The van der Waals surface area contributed by atoms with Crippen molar-refractivity contribution >= 4 is 15.9 Å². The second-order valence-corrected chi connectivity index (χ2v) is 7.63. The first-order valence-electron chi connectivity index (χ1n) is 7.01. The van der Waals surface area contributed by atoms with E-state index in [0.29, 0.717) is 19.4 Å². The monoisotopic (exact) mass is 289 g/mol. The summed E-state index contributed by atoms with van der Waals surface area (Å²) in [6.07, 6.45) is 5.05. The maximum Gasteiger partial charge on any atom is 0.232 e. The Kier molecular flexibility index (Phi) is 4.81. The number of primary amides is 1. The Morgan fingerprint density at radius 3 is 2.42 bits per heavy atom. The summed E-state index contributed by atoms with van der Waals surface area (Å²) in [6.45, 7) is 1.33. The fourth-order valence-corrected chi connectivity index (χ4v) is 5.25. The van der Waals surface area contributed by atoms with Crippen LogP contribution in [0.15, 0.2) is 0 Å². The molecular weight excluding hydrogens is 266 g/mol. The van der Waals surface area contributed by atoms with Crippen molar-refractivity contribution in [2.24, 2.45) is 5.73 Å². The summed E-state index contributed by atoms with van der Waals surface area (Å²) in [4.78, 5) is 11.2. The fraction of sp³-hybridized carbons (Fsp3) is 0.917. The van der Waals surface area contributed by atoms with Gasteiger partial charge in [0.05, 0.1) is 11.8 Å². The minimum absolute atomic E-state index is 0.133. The van der Waals surface area contributed by atoms with E-state index in [1.54, 1.807) is 0 Å². The third kappa shape index (κ3) is 3.46. The van der Waals surface area contributed by atoms with Crippen molar-refractivity contribution in [3.8, 4) is 0 Å². The second-order valence-electron chi connectivity index (χ2n) is 5.46. The van der Waals surface area contributed by atoms with E-state index in [4.69, 9.17) is 5.73 Å². The predicted molar refractivity (Wildman–Crippen MR) is 73.0 cm³/mol. The van der Waals surface area contributed by atoms with Crippen LogP contribution in [-0.2, 0) is 14.8 Å². The molecule has 3 N–H and O–H groups in total. The molecule has 0 spiro atoms. The number of piperidine rings is 1. The summed E-state index contributed by atoms with van der Waals surface area (Å²) in [7, 11) is -3.40. The molecule has 1 heterocycles. The molecule has 0 aromatic heterocycles. The van der Waals surface area contributed by atoms with Crippen LogP contribution in [0.2, 0.25) is 0 Å². The van der Waals surface area contributed by atoms with Crippen LogP contribution in [0.25, 0.3) is 0 Å². The number of carbonyl (C=O) groups excluding carboxylic acids is 1. The second kappa shape index (κ2) is 6.19. The van der Waals surface area contributed by atoms with E-state index in [9.17, 15) is 13.2 Å². The summed E-state index contributed by atoms with van der Waals surface area (Å²) < 4.78 is 26.7. The van der Waals surface area contributed by atoms with Gasteiger partial charge in [0.1, 0.15) is 0 Å². The Morgan fingerprint density at radius 1 is 1.21 bits per heavy atom.